The van der Waals surface area contributed by atoms with E-state index in [-0.39, 0.29) is 5.75 Å². The van der Waals surface area contributed by atoms with Crippen LogP contribution in [0.25, 0.3) is 0 Å². The van der Waals surface area contributed by atoms with Crippen molar-refractivity contribution in [2.24, 2.45) is 0 Å². The van der Waals surface area contributed by atoms with E-state index in [1.54, 1.807) is 30.3 Å². The van der Waals surface area contributed by atoms with Gasteiger partial charge in [0, 0.05) is 13.1 Å². The number of halogens is 1. The quantitative estimate of drug-likeness (QED) is 0.850. The van der Waals surface area contributed by atoms with Crippen molar-refractivity contribution in [1.29, 1.82) is 0 Å². The van der Waals surface area contributed by atoms with E-state index in [1.165, 1.54) is 19.2 Å². The first-order valence-corrected chi connectivity index (χ1v) is 5.78. The van der Waals surface area contributed by atoms with Crippen molar-refractivity contribution in [3.05, 3.63) is 54.5 Å². The average Bonchev–Trinajstić information content (AvgIpc) is 2.42. The highest BCUT2D eigenvalue weighted by Crippen LogP contribution is 2.23. The predicted octanol–water partition coefficient (Wildman–Crippen LogP) is 2.48. The molecule has 6 heteroatoms. The Hall–Kier alpha value is -2.63. The molecule has 0 spiro atoms. The van der Waals surface area contributed by atoms with Crippen LogP contribution >= 0.6 is 0 Å². The summed E-state index contributed by atoms with van der Waals surface area (Å²) in [6, 6.07) is 10.7. The summed E-state index contributed by atoms with van der Waals surface area (Å²) in [5.74, 6) is -4.40. The molecule has 0 fully saturated rings. The second-order valence-corrected chi connectivity index (χ2v) is 4.06. The second kappa shape index (κ2) is 5.56. The van der Waals surface area contributed by atoms with Crippen LogP contribution in [0.4, 0.5) is 4.39 Å². The number of aliphatic carboxylic acids is 1. The van der Waals surface area contributed by atoms with Gasteiger partial charge in [0.05, 0.1) is 0 Å². The van der Waals surface area contributed by atoms with Crippen molar-refractivity contribution < 1.29 is 23.8 Å². The summed E-state index contributed by atoms with van der Waals surface area (Å²) in [6.07, 6.45) is 1.29. The molecule has 5 nitrogen and oxygen atoms in total. The lowest BCUT2D eigenvalue weighted by atomic mass is 10.3. The van der Waals surface area contributed by atoms with Gasteiger partial charge in [0.25, 0.3) is 5.88 Å². The number of benzene rings is 1. The summed E-state index contributed by atoms with van der Waals surface area (Å²) >= 11 is 0. The number of carboxylic acids is 1. The maximum absolute atomic E-state index is 13.5. The lowest BCUT2D eigenvalue weighted by Gasteiger charge is -2.26. The Morgan fingerprint density at radius 1 is 1.20 bits per heavy atom. The molecule has 1 heterocycles. The Bertz CT molecular complexity index is 605. The normalized spacial score (nSPS) is 13.3. The Balaban J connectivity index is 2.26. The van der Waals surface area contributed by atoms with Crippen LogP contribution in [0.5, 0.6) is 11.6 Å². The van der Waals surface area contributed by atoms with Crippen molar-refractivity contribution in [2.45, 2.75) is 12.7 Å². The van der Waals surface area contributed by atoms with Gasteiger partial charge in [-0.05, 0) is 24.3 Å². The van der Waals surface area contributed by atoms with Gasteiger partial charge >= 0.3 is 11.8 Å². The van der Waals surface area contributed by atoms with Crippen LogP contribution in [0.3, 0.4) is 0 Å². The molecule has 1 N–H and O–H groups in total. The maximum Gasteiger partial charge on any atom is 0.390 e. The van der Waals surface area contributed by atoms with Gasteiger partial charge in [0.15, 0.2) is 5.82 Å². The minimum Gasteiger partial charge on any atom is -0.475 e. The number of carboxylic acid groups (broad SMARTS) is 1. The van der Waals surface area contributed by atoms with Gasteiger partial charge in [-0.15, -0.1) is 0 Å². The summed E-state index contributed by atoms with van der Waals surface area (Å²) in [5.41, 5.74) is 0. The molecule has 104 valence electrons. The highest BCUT2D eigenvalue weighted by Gasteiger charge is 2.40. The van der Waals surface area contributed by atoms with Crippen LogP contribution < -0.4 is 9.47 Å². The number of rotatable bonds is 5. The number of carbonyl (C=O) groups is 1. The third kappa shape index (κ3) is 3.03. The van der Waals surface area contributed by atoms with Gasteiger partial charge in [-0.25, -0.2) is 14.2 Å². The Morgan fingerprint density at radius 2 is 1.90 bits per heavy atom. The van der Waals surface area contributed by atoms with E-state index in [2.05, 4.69) is 4.98 Å². The van der Waals surface area contributed by atoms with Crippen LogP contribution in [0.2, 0.25) is 0 Å². The third-order valence-corrected chi connectivity index (χ3v) is 2.46. The zero-order valence-corrected chi connectivity index (χ0v) is 10.6. The molecule has 0 saturated carbocycles. The Kier molecular flexibility index (Phi) is 3.84. The largest absolute Gasteiger partial charge is 0.475 e. The third-order valence-electron chi connectivity index (χ3n) is 2.46. The molecule has 0 aliphatic heterocycles. The van der Waals surface area contributed by atoms with E-state index in [1.807, 2.05) is 0 Å². The standard InChI is InChI=1S/C14H12FNO4/c1-14(13(17)18,19-10-6-3-2-4-7-10)20-12-11(15)8-5-9-16-12/h2-9H,1H3,(H,17,18). The molecular weight excluding hydrogens is 265 g/mol. The molecule has 0 aliphatic carbocycles. The van der Waals surface area contributed by atoms with Crippen molar-refractivity contribution in [3.63, 3.8) is 0 Å². The Morgan fingerprint density at radius 3 is 2.50 bits per heavy atom. The van der Waals surface area contributed by atoms with E-state index in [4.69, 9.17) is 9.47 Å². The number of ether oxygens (including phenoxy) is 2. The smallest absolute Gasteiger partial charge is 0.390 e. The number of nitrogens with zero attached hydrogens (tertiary/aromatic N) is 1. The van der Waals surface area contributed by atoms with Gasteiger partial charge < -0.3 is 14.6 Å². The lowest BCUT2D eigenvalue weighted by molar-refractivity contribution is -0.182. The molecule has 2 aromatic rings. The zero-order chi connectivity index (χ0) is 14.6. The van der Waals surface area contributed by atoms with E-state index >= 15 is 0 Å². The molecule has 0 saturated heterocycles. The zero-order valence-electron chi connectivity index (χ0n) is 10.6. The minimum absolute atomic E-state index is 0.286. The van der Waals surface area contributed by atoms with Gasteiger partial charge in [-0.1, -0.05) is 18.2 Å². The first-order chi connectivity index (χ1) is 9.51. The molecule has 1 unspecified atom stereocenters. The summed E-state index contributed by atoms with van der Waals surface area (Å²) in [5, 5.41) is 9.25. The fourth-order valence-corrected chi connectivity index (χ4v) is 1.45. The van der Waals surface area contributed by atoms with Crippen LogP contribution in [0, 0.1) is 5.82 Å². The van der Waals surface area contributed by atoms with Gasteiger partial charge in [0.1, 0.15) is 5.75 Å². The summed E-state index contributed by atoms with van der Waals surface area (Å²) in [7, 11) is 0. The van der Waals surface area contributed by atoms with Crippen molar-refractivity contribution in [1.82, 2.24) is 4.98 Å². The Labute approximate surface area is 114 Å². The molecule has 1 aromatic carbocycles. The van der Waals surface area contributed by atoms with Crippen LogP contribution in [-0.2, 0) is 4.79 Å². The summed E-state index contributed by atoms with van der Waals surface area (Å²) in [4.78, 5) is 15.0. The molecule has 1 aromatic heterocycles. The lowest BCUT2D eigenvalue weighted by Crippen LogP contribution is -2.47. The predicted molar refractivity (Wildman–Crippen MR) is 67.9 cm³/mol. The highest BCUT2D eigenvalue weighted by molar-refractivity contribution is 5.76. The fraction of sp³-hybridized carbons (Fsp3) is 0.143. The van der Waals surface area contributed by atoms with E-state index in [0.717, 1.165) is 6.07 Å². The number of hydrogen-bond donors (Lipinski definition) is 1. The molecular formula is C14H12FNO4. The van der Waals surface area contributed by atoms with Crippen molar-refractivity contribution in [3.8, 4) is 11.6 Å². The topological polar surface area (TPSA) is 68.7 Å². The molecule has 20 heavy (non-hydrogen) atoms. The first-order valence-electron chi connectivity index (χ1n) is 5.78. The summed E-state index contributed by atoms with van der Waals surface area (Å²) < 4.78 is 23.9. The molecule has 1 atom stereocenters. The number of hydrogen-bond acceptors (Lipinski definition) is 4. The highest BCUT2D eigenvalue weighted by atomic mass is 19.1. The van der Waals surface area contributed by atoms with Crippen LogP contribution in [-0.4, -0.2) is 21.8 Å². The van der Waals surface area contributed by atoms with Crippen molar-refractivity contribution in [2.75, 3.05) is 0 Å². The van der Waals surface area contributed by atoms with Gasteiger partial charge in [-0.3, -0.25) is 0 Å². The molecule has 0 amide bonds. The minimum atomic E-state index is -2.09. The van der Waals surface area contributed by atoms with Crippen molar-refractivity contribution >= 4 is 5.97 Å². The van der Waals surface area contributed by atoms with E-state index in [9.17, 15) is 14.3 Å². The SMILES string of the molecule is CC(Oc1ccccc1)(Oc1ncccc1F)C(=O)O. The van der Waals surface area contributed by atoms with Crippen LogP contribution in [0.15, 0.2) is 48.7 Å². The molecule has 0 bridgehead atoms. The number of pyridine rings is 1. The average molecular weight is 277 g/mol. The first kappa shape index (κ1) is 13.8. The molecule has 2 rings (SSSR count). The van der Waals surface area contributed by atoms with Gasteiger partial charge in [0.2, 0.25) is 0 Å². The summed E-state index contributed by atoms with van der Waals surface area (Å²) in [6.45, 7) is 1.18. The number of para-hydroxylation sites is 1. The second-order valence-electron chi connectivity index (χ2n) is 4.06. The van der Waals surface area contributed by atoms with E-state index < -0.39 is 23.5 Å². The number of aromatic nitrogens is 1. The van der Waals surface area contributed by atoms with E-state index in [0.29, 0.717) is 0 Å². The fourth-order valence-electron chi connectivity index (χ4n) is 1.45. The maximum atomic E-state index is 13.5. The van der Waals surface area contributed by atoms with Crippen LogP contribution in [0.1, 0.15) is 6.92 Å². The van der Waals surface area contributed by atoms with Gasteiger partial charge in [-0.2, -0.15) is 0 Å². The molecule has 0 radical (unpaired) electrons. The molecule has 0 aliphatic rings. The monoisotopic (exact) mass is 277 g/mol.